The van der Waals surface area contributed by atoms with Gasteiger partial charge in [0.15, 0.2) is 0 Å². The lowest BCUT2D eigenvalue weighted by atomic mass is 10.0. The molecule has 3 aromatic rings. The maximum atomic E-state index is 12.3. The highest BCUT2D eigenvalue weighted by Gasteiger charge is 2.20. The highest BCUT2D eigenvalue weighted by atomic mass is 16.5. The highest BCUT2D eigenvalue weighted by molar-refractivity contribution is 5.91. The molecule has 0 aliphatic carbocycles. The van der Waals surface area contributed by atoms with Crippen LogP contribution in [-0.2, 0) is 0 Å². The standard InChI is InChI=1S/C17H15N3O2/c1-12-11-15(22-20-12)17(21)19-16(13-7-3-2-4-8-13)14-9-5-6-10-18-14/h2-11,16H,1H3,(H,19,21). The minimum absolute atomic E-state index is 0.189. The zero-order valence-electron chi connectivity index (χ0n) is 12.1. The van der Waals surface area contributed by atoms with Crippen molar-refractivity contribution in [2.24, 2.45) is 0 Å². The Labute approximate surface area is 128 Å². The van der Waals surface area contributed by atoms with Crippen LogP contribution in [0.4, 0.5) is 0 Å². The van der Waals surface area contributed by atoms with Crippen molar-refractivity contribution < 1.29 is 9.32 Å². The molecule has 3 rings (SSSR count). The van der Waals surface area contributed by atoms with Crippen LogP contribution in [0.2, 0.25) is 0 Å². The van der Waals surface area contributed by atoms with Gasteiger partial charge in [-0.1, -0.05) is 41.6 Å². The third kappa shape index (κ3) is 3.03. The zero-order valence-corrected chi connectivity index (χ0v) is 12.1. The number of nitrogens with zero attached hydrogens (tertiary/aromatic N) is 2. The van der Waals surface area contributed by atoms with Crippen molar-refractivity contribution in [2.45, 2.75) is 13.0 Å². The van der Waals surface area contributed by atoms with Gasteiger partial charge in [-0.2, -0.15) is 0 Å². The van der Waals surface area contributed by atoms with E-state index < -0.39 is 0 Å². The molecule has 1 unspecified atom stereocenters. The molecule has 1 amide bonds. The first-order chi connectivity index (χ1) is 10.7. The normalized spacial score (nSPS) is 11.9. The van der Waals surface area contributed by atoms with Gasteiger partial charge in [0.1, 0.15) is 0 Å². The average molecular weight is 293 g/mol. The lowest BCUT2D eigenvalue weighted by Gasteiger charge is -2.18. The summed E-state index contributed by atoms with van der Waals surface area (Å²) < 4.78 is 5.02. The number of aromatic nitrogens is 2. The molecule has 1 N–H and O–H groups in total. The summed E-state index contributed by atoms with van der Waals surface area (Å²) in [4.78, 5) is 16.7. The first-order valence-corrected chi connectivity index (χ1v) is 6.94. The summed E-state index contributed by atoms with van der Waals surface area (Å²) in [5.41, 5.74) is 2.38. The van der Waals surface area contributed by atoms with Crippen molar-refractivity contribution in [2.75, 3.05) is 0 Å². The maximum Gasteiger partial charge on any atom is 0.290 e. The van der Waals surface area contributed by atoms with Crippen LogP contribution in [0.15, 0.2) is 65.3 Å². The summed E-state index contributed by atoms with van der Waals surface area (Å²) >= 11 is 0. The molecule has 22 heavy (non-hydrogen) atoms. The molecule has 2 heterocycles. The first kappa shape index (κ1) is 14.0. The minimum Gasteiger partial charge on any atom is -0.351 e. The van der Waals surface area contributed by atoms with E-state index >= 15 is 0 Å². The van der Waals surface area contributed by atoms with Crippen molar-refractivity contribution in [1.82, 2.24) is 15.5 Å². The number of carbonyl (C=O) groups is 1. The molecule has 1 aromatic carbocycles. The Balaban J connectivity index is 1.91. The van der Waals surface area contributed by atoms with Crippen molar-refractivity contribution >= 4 is 5.91 Å². The van der Waals surface area contributed by atoms with Gasteiger partial charge in [0.05, 0.1) is 17.4 Å². The van der Waals surface area contributed by atoms with E-state index in [1.54, 1.807) is 19.2 Å². The third-order valence-corrected chi connectivity index (χ3v) is 3.24. The van der Waals surface area contributed by atoms with Gasteiger partial charge >= 0.3 is 0 Å². The van der Waals surface area contributed by atoms with Crippen LogP contribution >= 0.6 is 0 Å². The lowest BCUT2D eigenvalue weighted by molar-refractivity contribution is 0.0905. The van der Waals surface area contributed by atoms with E-state index in [2.05, 4.69) is 15.5 Å². The average Bonchev–Trinajstić information content (AvgIpc) is 3.01. The number of nitrogens with one attached hydrogen (secondary N) is 1. The Hall–Kier alpha value is -2.95. The molecule has 0 spiro atoms. The Morgan fingerprint density at radius 1 is 1.14 bits per heavy atom. The Morgan fingerprint density at radius 2 is 1.91 bits per heavy atom. The Kier molecular flexibility index (Phi) is 3.96. The van der Waals surface area contributed by atoms with Crippen LogP contribution in [0.5, 0.6) is 0 Å². The van der Waals surface area contributed by atoms with E-state index in [0.717, 1.165) is 11.3 Å². The van der Waals surface area contributed by atoms with Gasteiger partial charge in [-0.25, -0.2) is 0 Å². The fourth-order valence-corrected chi connectivity index (χ4v) is 2.19. The van der Waals surface area contributed by atoms with Gasteiger partial charge in [0.2, 0.25) is 5.76 Å². The summed E-state index contributed by atoms with van der Waals surface area (Å²) in [7, 11) is 0. The second-order valence-corrected chi connectivity index (χ2v) is 4.90. The predicted molar refractivity (Wildman–Crippen MR) is 81.2 cm³/mol. The van der Waals surface area contributed by atoms with Gasteiger partial charge in [-0.05, 0) is 24.6 Å². The van der Waals surface area contributed by atoms with Crippen LogP contribution in [0, 0.1) is 6.92 Å². The molecule has 5 heteroatoms. The Morgan fingerprint density at radius 3 is 2.55 bits per heavy atom. The monoisotopic (exact) mass is 293 g/mol. The number of amides is 1. The van der Waals surface area contributed by atoms with Crippen LogP contribution in [0.25, 0.3) is 0 Å². The van der Waals surface area contributed by atoms with Crippen LogP contribution in [0.3, 0.4) is 0 Å². The maximum absolute atomic E-state index is 12.3. The van der Waals surface area contributed by atoms with E-state index in [9.17, 15) is 4.79 Å². The molecule has 110 valence electrons. The summed E-state index contributed by atoms with van der Waals surface area (Å²) in [6, 6.07) is 16.6. The fraction of sp³-hybridized carbons (Fsp3) is 0.118. The summed E-state index contributed by atoms with van der Waals surface area (Å²) in [5, 5.41) is 6.68. The van der Waals surface area contributed by atoms with E-state index in [1.165, 1.54) is 0 Å². The van der Waals surface area contributed by atoms with Crippen molar-refractivity contribution in [3.8, 4) is 0 Å². The van der Waals surface area contributed by atoms with E-state index in [1.807, 2.05) is 48.5 Å². The number of pyridine rings is 1. The van der Waals surface area contributed by atoms with Gasteiger partial charge in [0.25, 0.3) is 5.91 Å². The van der Waals surface area contributed by atoms with Gasteiger partial charge in [-0.15, -0.1) is 0 Å². The second kappa shape index (κ2) is 6.22. The molecule has 0 radical (unpaired) electrons. The molecular weight excluding hydrogens is 278 g/mol. The van der Waals surface area contributed by atoms with Gasteiger partial charge in [-0.3, -0.25) is 9.78 Å². The molecule has 0 aliphatic heterocycles. The van der Waals surface area contributed by atoms with Crippen LogP contribution < -0.4 is 5.32 Å². The SMILES string of the molecule is Cc1cc(C(=O)NC(c2ccccc2)c2ccccn2)on1. The summed E-state index contributed by atoms with van der Waals surface area (Å²) in [5.74, 6) is -0.130. The summed E-state index contributed by atoms with van der Waals surface area (Å²) in [6.45, 7) is 1.77. The molecule has 0 bridgehead atoms. The Bertz CT molecular complexity index is 714. The molecule has 0 aliphatic rings. The highest BCUT2D eigenvalue weighted by Crippen LogP contribution is 2.20. The smallest absolute Gasteiger partial charge is 0.290 e. The van der Waals surface area contributed by atoms with Gasteiger partial charge in [0, 0.05) is 12.3 Å². The van der Waals surface area contributed by atoms with Crippen molar-refractivity contribution in [1.29, 1.82) is 0 Å². The molecule has 2 aromatic heterocycles. The summed E-state index contributed by atoms with van der Waals surface area (Å²) in [6.07, 6.45) is 1.70. The van der Waals surface area contributed by atoms with E-state index in [4.69, 9.17) is 4.52 Å². The molecule has 5 nitrogen and oxygen atoms in total. The van der Waals surface area contributed by atoms with E-state index in [0.29, 0.717) is 5.69 Å². The molecule has 1 atom stereocenters. The van der Waals surface area contributed by atoms with E-state index in [-0.39, 0.29) is 17.7 Å². The van der Waals surface area contributed by atoms with Crippen molar-refractivity contribution in [3.05, 3.63) is 83.5 Å². The zero-order chi connectivity index (χ0) is 15.4. The number of aryl methyl sites for hydroxylation is 1. The van der Waals surface area contributed by atoms with Gasteiger partial charge < -0.3 is 9.84 Å². The molecule has 0 saturated heterocycles. The van der Waals surface area contributed by atoms with Crippen molar-refractivity contribution in [3.63, 3.8) is 0 Å². The van der Waals surface area contributed by atoms with Crippen LogP contribution in [-0.4, -0.2) is 16.0 Å². The predicted octanol–water partition coefficient (Wildman–Crippen LogP) is 2.90. The fourth-order valence-electron chi connectivity index (χ4n) is 2.19. The first-order valence-electron chi connectivity index (χ1n) is 6.94. The number of benzene rings is 1. The number of hydrogen-bond acceptors (Lipinski definition) is 4. The minimum atomic E-state index is -0.347. The largest absolute Gasteiger partial charge is 0.351 e. The number of hydrogen-bond donors (Lipinski definition) is 1. The molecular formula is C17H15N3O2. The lowest BCUT2D eigenvalue weighted by Crippen LogP contribution is -2.29. The topological polar surface area (TPSA) is 68.0 Å². The quantitative estimate of drug-likeness (QED) is 0.803. The molecule has 0 fully saturated rings. The molecule has 0 saturated carbocycles. The third-order valence-electron chi connectivity index (χ3n) is 3.24. The number of carbonyl (C=O) groups excluding carboxylic acids is 1. The van der Waals surface area contributed by atoms with Crippen LogP contribution in [0.1, 0.15) is 33.5 Å². The second-order valence-electron chi connectivity index (χ2n) is 4.90. The number of rotatable bonds is 4.